The number of fused-ring (bicyclic) bond motifs is 1. The van der Waals surface area contributed by atoms with Gasteiger partial charge in [0.05, 0.1) is 28.7 Å². The Morgan fingerprint density at radius 2 is 2.23 bits per heavy atom. The van der Waals surface area contributed by atoms with Crippen molar-refractivity contribution in [1.29, 1.82) is 0 Å². The zero-order valence-corrected chi connectivity index (χ0v) is 13.3. The zero-order valence-electron chi connectivity index (χ0n) is 12.5. The monoisotopic (exact) mass is 317 g/mol. The fourth-order valence-corrected chi connectivity index (χ4v) is 2.89. The third-order valence-corrected chi connectivity index (χ3v) is 4.41. The number of nitrogens with zero attached hydrogens (tertiary/aromatic N) is 4. The molecule has 2 amide bonds. The molecular formula is C14H15N5O2S. The SMILES string of the molecule is Cc1nnsc1C(=O)N1CC(C)(C)C(=O)Nc2ccncc21. The van der Waals surface area contributed by atoms with Crippen molar-refractivity contribution < 1.29 is 9.59 Å². The van der Waals surface area contributed by atoms with E-state index in [-0.39, 0.29) is 18.4 Å². The molecule has 0 radical (unpaired) electrons. The molecule has 0 bridgehead atoms. The van der Waals surface area contributed by atoms with Crippen LogP contribution in [0.4, 0.5) is 11.4 Å². The molecule has 0 saturated carbocycles. The van der Waals surface area contributed by atoms with Crippen molar-refractivity contribution in [2.75, 3.05) is 16.8 Å². The zero-order chi connectivity index (χ0) is 15.9. The van der Waals surface area contributed by atoms with E-state index in [2.05, 4.69) is 19.9 Å². The van der Waals surface area contributed by atoms with Gasteiger partial charge in [-0.1, -0.05) is 4.49 Å². The summed E-state index contributed by atoms with van der Waals surface area (Å²) >= 11 is 1.06. The molecule has 1 N–H and O–H groups in total. The Kier molecular flexibility index (Phi) is 3.40. The number of amides is 2. The first-order valence-electron chi connectivity index (χ1n) is 6.76. The molecule has 7 nitrogen and oxygen atoms in total. The predicted octanol–water partition coefficient (Wildman–Crippen LogP) is 1.87. The number of carbonyl (C=O) groups is 2. The summed E-state index contributed by atoms with van der Waals surface area (Å²) in [5, 5.41) is 6.74. The molecule has 0 atom stereocenters. The molecule has 0 saturated heterocycles. The van der Waals surface area contributed by atoms with Crippen molar-refractivity contribution in [3.63, 3.8) is 0 Å². The Morgan fingerprint density at radius 1 is 1.45 bits per heavy atom. The van der Waals surface area contributed by atoms with Crippen LogP contribution in [-0.2, 0) is 4.79 Å². The number of nitrogens with one attached hydrogen (secondary N) is 1. The lowest BCUT2D eigenvalue weighted by Gasteiger charge is -2.27. The Morgan fingerprint density at radius 3 is 2.91 bits per heavy atom. The van der Waals surface area contributed by atoms with Crippen molar-refractivity contribution in [2.45, 2.75) is 20.8 Å². The quantitative estimate of drug-likeness (QED) is 0.867. The second kappa shape index (κ2) is 5.13. The first-order valence-corrected chi connectivity index (χ1v) is 7.54. The van der Waals surface area contributed by atoms with E-state index >= 15 is 0 Å². The van der Waals surface area contributed by atoms with Crippen molar-refractivity contribution in [3.05, 3.63) is 29.0 Å². The van der Waals surface area contributed by atoms with E-state index in [0.29, 0.717) is 21.9 Å². The molecule has 0 unspecified atom stereocenters. The second-order valence-electron chi connectivity index (χ2n) is 5.81. The summed E-state index contributed by atoms with van der Waals surface area (Å²) < 4.78 is 3.81. The van der Waals surface area contributed by atoms with E-state index in [9.17, 15) is 9.59 Å². The summed E-state index contributed by atoms with van der Waals surface area (Å²) in [6, 6.07) is 1.69. The molecule has 114 valence electrons. The molecule has 22 heavy (non-hydrogen) atoms. The molecule has 3 heterocycles. The largest absolute Gasteiger partial charge is 0.324 e. The van der Waals surface area contributed by atoms with Gasteiger partial charge in [0.15, 0.2) is 0 Å². The van der Waals surface area contributed by atoms with Crippen LogP contribution in [0.25, 0.3) is 0 Å². The minimum atomic E-state index is -0.722. The van der Waals surface area contributed by atoms with E-state index in [1.807, 2.05) is 0 Å². The van der Waals surface area contributed by atoms with Crippen LogP contribution in [-0.4, -0.2) is 32.9 Å². The average Bonchev–Trinajstić information content (AvgIpc) is 2.87. The average molecular weight is 317 g/mol. The Hall–Kier alpha value is -2.35. The number of anilines is 2. The Labute approximate surface area is 131 Å². The smallest absolute Gasteiger partial charge is 0.272 e. The maximum absolute atomic E-state index is 12.9. The number of aryl methyl sites for hydroxylation is 1. The number of rotatable bonds is 1. The van der Waals surface area contributed by atoms with Gasteiger partial charge in [0.1, 0.15) is 4.88 Å². The molecule has 1 aliphatic heterocycles. The van der Waals surface area contributed by atoms with Gasteiger partial charge in [0.2, 0.25) is 5.91 Å². The summed E-state index contributed by atoms with van der Waals surface area (Å²) in [6.45, 7) is 5.61. The van der Waals surface area contributed by atoms with Gasteiger partial charge in [-0.15, -0.1) is 5.10 Å². The number of aromatic nitrogens is 3. The highest BCUT2D eigenvalue weighted by Crippen LogP contribution is 2.34. The number of pyridine rings is 1. The van der Waals surface area contributed by atoms with Gasteiger partial charge in [-0.05, 0) is 38.4 Å². The highest BCUT2D eigenvalue weighted by atomic mass is 32.1. The lowest BCUT2D eigenvalue weighted by molar-refractivity contribution is -0.123. The van der Waals surface area contributed by atoms with E-state index in [1.54, 1.807) is 44.1 Å². The lowest BCUT2D eigenvalue weighted by Crippen LogP contribution is -2.42. The highest BCUT2D eigenvalue weighted by Gasteiger charge is 2.38. The van der Waals surface area contributed by atoms with E-state index in [1.165, 1.54) is 0 Å². The molecular weight excluding hydrogens is 302 g/mol. The summed E-state index contributed by atoms with van der Waals surface area (Å²) in [4.78, 5) is 31.3. The molecule has 2 aromatic heterocycles. The van der Waals surface area contributed by atoms with E-state index in [0.717, 1.165) is 11.5 Å². The van der Waals surface area contributed by atoms with Crippen LogP contribution in [0.15, 0.2) is 18.5 Å². The van der Waals surface area contributed by atoms with Crippen LogP contribution in [0, 0.1) is 12.3 Å². The van der Waals surface area contributed by atoms with E-state index < -0.39 is 5.41 Å². The first kappa shape index (κ1) is 14.6. The maximum Gasteiger partial charge on any atom is 0.272 e. The Balaban J connectivity index is 2.10. The molecule has 0 fully saturated rings. The van der Waals surface area contributed by atoms with Crippen molar-refractivity contribution in [3.8, 4) is 0 Å². The van der Waals surface area contributed by atoms with Crippen LogP contribution in [0.5, 0.6) is 0 Å². The summed E-state index contributed by atoms with van der Waals surface area (Å²) in [7, 11) is 0. The van der Waals surface area contributed by atoms with Crippen LogP contribution >= 0.6 is 11.5 Å². The van der Waals surface area contributed by atoms with E-state index in [4.69, 9.17) is 0 Å². The lowest BCUT2D eigenvalue weighted by atomic mass is 9.92. The fourth-order valence-electron chi connectivity index (χ4n) is 2.28. The maximum atomic E-state index is 12.9. The predicted molar refractivity (Wildman–Crippen MR) is 83.0 cm³/mol. The molecule has 2 aromatic rings. The number of hydrogen-bond acceptors (Lipinski definition) is 6. The third kappa shape index (κ3) is 2.35. The van der Waals surface area contributed by atoms with Crippen molar-refractivity contribution >= 4 is 34.7 Å². The molecule has 8 heteroatoms. The van der Waals surface area contributed by atoms with Crippen LogP contribution < -0.4 is 10.2 Å². The van der Waals surface area contributed by atoms with Crippen molar-refractivity contribution in [2.24, 2.45) is 5.41 Å². The van der Waals surface area contributed by atoms with Crippen LogP contribution in [0.3, 0.4) is 0 Å². The van der Waals surface area contributed by atoms with Gasteiger partial charge in [0, 0.05) is 12.7 Å². The number of carbonyl (C=O) groups excluding carboxylic acids is 2. The summed E-state index contributed by atoms with van der Waals surface area (Å²) in [6.07, 6.45) is 3.16. The van der Waals surface area contributed by atoms with Gasteiger partial charge in [0.25, 0.3) is 5.91 Å². The molecule has 1 aliphatic rings. The molecule has 3 rings (SSSR count). The van der Waals surface area contributed by atoms with Gasteiger partial charge in [-0.25, -0.2) is 0 Å². The minimum absolute atomic E-state index is 0.130. The minimum Gasteiger partial charge on any atom is -0.324 e. The molecule has 0 spiro atoms. The van der Waals surface area contributed by atoms with Crippen LogP contribution in [0.1, 0.15) is 29.2 Å². The summed E-state index contributed by atoms with van der Waals surface area (Å²) in [5.41, 5.74) is 1.02. The fraction of sp³-hybridized carbons (Fsp3) is 0.357. The van der Waals surface area contributed by atoms with Crippen molar-refractivity contribution in [1.82, 2.24) is 14.6 Å². The second-order valence-corrected chi connectivity index (χ2v) is 6.56. The van der Waals surface area contributed by atoms with Crippen LogP contribution in [0.2, 0.25) is 0 Å². The third-order valence-electron chi connectivity index (χ3n) is 3.60. The van der Waals surface area contributed by atoms with Gasteiger partial charge >= 0.3 is 0 Å². The van der Waals surface area contributed by atoms with Gasteiger partial charge in [-0.3, -0.25) is 14.6 Å². The number of hydrogen-bond donors (Lipinski definition) is 1. The van der Waals surface area contributed by atoms with Gasteiger partial charge in [-0.2, -0.15) is 0 Å². The standard InChI is InChI=1S/C14H15N5O2S/c1-8-11(22-18-17-8)12(20)19-7-14(2,3)13(21)16-9-4-5-15-6-10(9)19/h4-6H,7H2,1-3H3,(H,16,21). The topological polar surface area (TPSA) is 88.1 Å². The molecule has 0 aromatic carbocycles. The Bertz CT molecular complexity index is 755. The van der Waals surface area contributed by atoms with Gasteiger partial charge < -0.3 is 10.2 Å². The highest BCUT2D eigenvalue weighted by molar-refractivity contribution is 7.08. The normalized spacial score (nSPS) is 16.7. The summed E-state index contributed by atoms with van der Waals surface area (Å²) in [5.74, 6) is -0.347. The molecule has 0 aliphatic carbocycles. The first-order chi connectivity index (χ1) is 10.4.